The lowest BCUT2D eigenvalue weighted by molar-refractivity contribution is -0.137. The molecule has 1 aromatic carbocycles. The Morgan fingerprint density at radius 1 is 0.974 bits per heavy atom. The maximum atomic E-state index is 13.3. The van der Waals surface area contributed by atoms with Crippen molar-refractivity contribution in [2.75, 3.05) is 0 Å². The smallest absolute Gasteiger partial charge is 0.335 e. The van der Waals surface area contributed by atoms with Crippen molar-refractivity contribution in [3.63, 3.8) is 0 Å². The van der Waals surface area contributed by atoms with Crippen LogP contribution >= 0.6 is 0 Å². The Bertz CT molecular complexity index is 1730. The van der Waals surface area contributed by atoms with Crippen molar-refractivity contribution in [2.24, 2.45) is 10.2 Å². The Balaban J connectivity index is 2.34. The first-order valence-electron chi connectivity index (χ1n) is 10.00. The summed E-state index contributed by atoms with van der Waals surface area (Å²) in [5.41, 5.74) is -4.88. The Hall–Kier alpha value is -6.34. The number of nitrogens with zero attached hydrogens (tertiary/aromatic N) is 8. The van der Waals surface area contributed by atoms with Crippen LogP contribution in [0.5, 0.6) is 5.88 Å². The molecule has 0 fully saturated rings. The second kappa shape index (κ2) is 10.1. The fourth-order valence-corrected chi connectivity index (χ4v) is 3.33. The summed E-state index contributed by atoms with van der Waals surface area (Å²) in [6.45, 7) is 0.383. The number of aliphatic carboxylic acids is 1. The van der Waals surface area contributed by atoms with Gasteiger partial charge in [0.25, 0.3) is 11.5 Å². The second-order valence-corrected chi connectivity index (χ2v) is 7.32. The number of hydrogen-bond acceptors (Lipinski definition) is 11. The van der Waals surface area contributed by atoms with Gasteiger partial charge in [-0.25, -0.2) is 14.2 Å². The molecule has 0 unspecified atom stereocenters. The quantitative estimate of drug-likeness (QED) is 0.326. The summed E-state index contributed by atoms with van der Waals surface area (Å²) in [7, 11) is 0. The molecule has 3 rings (SSSR count). The lowest BCUT2D eigenvalue weighted by Gasteiger charge is -2.14. The molecule has 16 heteroatoms. The first-order chi connectivity index (χ1) is 17.9. The van der Waals surface area contributed by atoms with E-state index in [0.29, 0.717) is 4.57 Å². The molecule has 0 aliphatic rings. The molecule has 0 saturated heterocycles. The molecule has 4 N–H and O–H groups in total. The van der Waals surface area contributed by atoms with Gasteiger partial charge in [0.1, 0.15) is 30.3 Å². The number of aromatic hydroxyl groups is 1. The highest BCUT2D eigenvalue weighted by atomic mass is 16.4. The number of azo groups is 1. The molecule has 0 bridgehead atoms. The Kier molecular flexibility index (Phi) is 6.99. The van der Waals surface area contributed by atoms with E-state index in [-0.39, 0.29) is 5.56 Å². The van der Waals surface area contributed by atoms with E-state index in [1.807, 2.05) is 0 Å². The van der Waals surface area contributed by atoms with Crippen LogP contribution in [0.15, 0.2) is 33.2 Å². The van der Waals surface area contributed by atoms with Crippen LogP contribution in [-0.4, -0.2) is 52.5 Å². The van der Waals surface area contributed by atoms with Crippen molar-refractivity contribution in [1.29, 1.82) is 15.8 Å². The van der Waals surface area contributed by atoms with Gasteiger partial charge in [-0.05, 0) is 25.1 Å². The van der Waals surface area contributed by atoms with Gasteiger partial charge in [0.05, 0.1) is 16.8 Å². The highest BCUT2D eigenvalue weighted by Crippen LogP contribution is 2.30. The van der Waals surface area contributed by atoms with E-state index in [1.54, 1.807) is 18.2 Å². The minimum atomic E-state index is -1.54. The van der Waals surface area contributed by atoms with E-state index < -0.39 is 81.3 Å². The number of hydrogen-bond donors (Lipinski definition) is 4. The van der Waals surface area contributed by atoms with E-state index in [9.17, 15) is 50.3 Å². The molecule has 2 aromatic heterocycles. The summed E-state index contributed by atoms with van der Waals surface area (Å²) in [6, 6.07) is 7.45. The van der Waals surface area contributed by atoms with E-state index in [0.717, 1.165) is 22.8 Å². The molecule has 16 nitrogen and oxygen atoms in total. The highest BCUT2D eigenvalue weighted by molar-refractivity contribution is 5.94. The lowest BCUT2D eigenvalue weighted by atomic mass is 10.1. The van der Waals surface area contributed by atoms with Crippen LogP contribution in [0, 0.1) is 40.9 Å². The van der Waals surface area contributed by atoms with Gasteiger partial charge in [-0.2, -0.15) is 20.8 Å². The zero-order valence-corrected chi connectivity index (χ0v) is 18.9. The van der Waals surface area contributed by atoms with Crippen molar-refractivity contribution in [2.45, 2.75) is 13.5 Å². The Morgan fingerprint density at radius 3 is 2.05 bits per heavy atom. The third kappa shape index (κ3) is 4.61. The first kappa shape index (κ1) is 26.3. The van der Waals surface area contributed by atoms with Gasteiger partial charge >= 0.3 is 17.9 Å². The molecular weight excluding hydrogens is 504 g/mol. The van der Waals surface area contributed by atoms with Gasteiger partial charge in [0, 0.05) is 5.56 Å². The van der Waals surface area contributed by atoms with Crippen LogP contribution in [0.2, 0.25) is 0 Å². The predicted octanol–water partition coefficient (Wildman–Crippen LogP) is 1.56. The number of carboxylic acids is 3. The zero-order valence-electron chi connectivity index (χ0n) is 18.9. The van der Waals surface area contributed by atoms with Gasteiger partial charge in [0.2, 0.25) is 5.88 Å². The SMILES string of the molecule is Cc1c(C#N)c(O)n(-c2cc(C(=O)O)cc(C(=O)O)c2)c(=O)c1N=Nc1nc(C#N)c(C#N)n1CC(=O)O. The molecule has 2 heterocycles. The maximum absolute atomic E-state index is 13.3. The summed E-state index contributed by atoms with van der Waals surface area (Å²) >= 11 is 0. The van der Waals surface area contributed by atoms with E-state index in [1.165, 1.54) is 6.92 Å². The fourth-order valence-electron chi connectivity index (χ4n) is 3.33. The molecule has 0 aliphatic heterocycles. The molecule has 0 saturated carbocycles. The summed E-state index contributed by atoms with van der Waals surface area (Å²) in [4.78, 5) is 51.3. The monoisotopic (exact) mass is 516 g/mol. The number of aromatic nitrogens is 3. The molecule has 38 heavy (non-hydrogen) atoms. The van der Waals surface area contributed by atoms with Crippen LogP contribution in [0.3, 0.4) is 0 Å². The lowest BCUT2D eigenvalue weighted by Crippen LogP contribution is -2.21. The van der Waals surface area contributed by atoms with Gasteiger partial charge in [-0.3, -0.25) is 14.2 Å². The van der Waals surface area contributed by atoms with Crippen molar-refractivity contribution in [1.82, 2.24) is 14.1 Å². The van der Waals surface area contributed by atoms with Gasteiger partial charge < -0.3 is 20.4 Å². The predicted molar refractivity (Wildman–Crippen MR) is 121 cm³/mol. The number of pyridine rings is 1. The van der Waals surface area contributed by atoms with Crippen LogP contribution in [0.4, 0.5) is 11.6 Å². The third-order valence-electron chi connectivity index (χ3n) is 5.05. The molecule has 3 aromatic rings. The third-order valence-corrected chi connectivity index (χ3v) is 5.05. The number of aromatic carboxylic acids is 2. The van der Waals surface area contributed by atoms with Crippen LogP contribution < -0.4 is 5.56 Å². The number of carbonyl (C=O) groups is 3. The van der Waals surface area contributed by atoms with E-state index in [2.05, 4.69) is 15.2 Å². The fraction of sp³-hybridized carbons (Fsp3) is 0.0909. The van der Waals surface area contributed by atoms with E-state index >= 15 is 0 Å². The molecule has 0 aliphatic carbocycles. The topological polar surface area (TPSA) is 268 Å². The summed E-state index contributed by atoms with van der Waals surface area (Å²) < 4.78 is 1.20. The zero-order chi connectivity index (χ0) is 28.3. The van der Waals surface area contributed by atoms with Crippen molar-refractivity contribution in [3.8, 4) is 29.8 Å². The molecule has 0 spiro atoms. The average molecular weight is 516 g/mol. The molecule has 0 atom stereocenters. The minimum Gasteiger partial charge on any atom is -0.493 e. The van der Waals surface area contributed by atoms with E-state index in [4.69, 9.17) is 5.11 Å². The number of benzene rings is 1. The second-order valence-electron chi connectivity index (χ2n) is 7.32. The van der Waals surface area contributed by atoms with Crippen LogP contribution in [0.25, 0.3) is 5.69 Å². The van der Waals surface area contributed by atoms with Crippen molar-refractivity contribution >= 4 is 29.5 Å². The maximum Gasteiger partial charge on any atom is 0.335 e. The summed E-state index contributed by atoms with van der Waals surface area (Å²) in [6.07, 6.45) is 0. The summed E-state index contributed by atoms with van der Waals surface area (Å²) in [5.74, 6) is -5.98. The first-order valence-corrected chi connectivity index (χ1v) is 10.00. The minimum absolute atomic E-state index is 0.194. The Labute approximate surface area is 210 Å². The summed E-state index contributed by atoms with van der Waals surface area (Å²) in [5, 5.41) is 73.9. The molecule has 0 radical (unpaired) electrons. The normalized spacial score (nSPS) is 10.5. The van der Waals surface area contributed by atoms with Crippen molar-refractivity contribution in [3.05, 3.63) is 62.2 Å². The number of rotatable bonds is 7. The van der Waals surface area contributed by atoms with Gasteiger partial charge in [-0.15, -0.1) is 10.2 Å². The largest absolute Gasteiger partial charge is 0.493 e. The Morgan fingerprint density at radius 2 is 1.58 bits per heavy atom. The van der Waals surface area contributed by atoms with Crippen molar-refractivity contribution < 1.29 is 34.8 Å². The molecule has 188 valence electrons. The highest BCUT2D eigenvalue weighted by Gasteiger charge is 2.24. The molecule has 0 amide bonds. The average Bonchev–Trinajstić information content (AvgIpc) is 3.19. The number of nitriles is 3. The standard InChI is InChI=1S/C22H12N8O8/c1-9-13(5-23)18(33)30(12-3-10(20(35)36)2-11(4-12)21(37)38)19(34)17(9)27-28-22-26-14(6-24)15(7-25)29(22)8-16(31)32/h2-4,33H,8H2,1H3,(H,31,32)(H,35,36)(H,37,38). The van der Waals surface area contributed by atoms with Crippen LogP contribution in [0.1, 0.15) is 43.2 Å². The molecular formula is C22H12N8O8. The van der Waals surface area contributed by atoms with Gasteiger partial charge in [0.15, 0.2) is 17.1 Å². The number of imidazole rings is 1. The van der Waals surface area contributed by atoms with Gasteiger partial charge in [-0.1, -0.05) is 0 Å². The number of carboxylic acid groups (broad SMARTS) is 3. The van der Waals surface area contributed by atoms with Crippen LogP contribution in [-0.2, 0) is 11.3 Å².